The molecule has 15 atom stereocenters. The van der Waals surface area contributed by atoms with Crippen LogP contribution in [0.2, 0.25) is 0 Å². The van der Waals surface area contributed by atoms with Gasteiger partial charge in [0.2, 0.25) is 5.91 Å². The number of hydrogen-bond acceptors (Lipinski definition) is 7. The average molecular weight is 854 g/mol. The van der Waals surface area contributed by atoms with Gasteiger partial charge in [-0.15, -0.1) is 0 Å². The first-order valence-corrected chi connectivity index (χ1v) is 25.7. The Labute approximate surface area is 374 Å². The van der Waals surface area contributed by atoms with Gasteiger partial charge in [0.15, 0.2) is 0 Å². The summed E-state index contributed by atoms with van der Waals surface area (Å²) in [5.74, 6) is 4.22. The number of nitrogens with one attached hydrogen (secondary N) is 2. The Morgan fingerprint density at radius 3 is 2.16 bits per heavy atom. The highest BCUT2D eigenvalue weighted by atomic mass is 16.5. The summed E-state index contributed by atoms with van der Waals surface area (Å²) >= 11 is 0. The molecule has 344 valence electrons. The van der Waals surface area contributed by atoms with Crippen molar-refractivity contribution in [2.24, 2.45) is 86.3 Å². The van der Waals surface area contributed by atoms with Crippen LogP contribution in [0.1, 0.15) is 151 Å². The number of rotatable bonds is 12. The van der Waals surface area contributed by atoms with Crippen LogP contribution in [-0.2, 0) is 30.5 Å². The molecular weight excluding hydrogens is 771 g/mol. The molecule has 1 heterocycles. The molecule has 7 aliphatic carbocycles. The van der Waals surface area contributed by atoms with Gasteiger partial charge < -0.3 is 25.0 Å². The fourth-order valence-corrected chi connectivity index (χ4v) is 17.2. The van der Waals surface area contributed by atoms with Gasteiger partial charge in [-0.1, -0.05) is 85.7 Å². The van der Waals surface area contributed by atoms with Gasteiger partial charge in [0, 0.05) is 37.6 Å². The SMILES string of the molecule is CCNCCNC1CCN(C(=O)C23CCC(C4CC4C)C2C2CCC4C5(C)CCC(OC(=O)C6CC(C(=O)OCc7ccccc7)C6C)C(C)(C)C5CCC4(C)C2(C)CC3)CC1. The third-order valence-corrected chi connectivity index (χ3v) is 21.2. The molecule has 9 rings (SSSR count). The van der Waals surface area contributed by atoms with E-state index in [-0.39, 0.29) is 69.5 Å². The summed E-state index contributed by atoms with van der Waals surface area (Å²) in [5, 5.41) is 7.21. The second kappa shape index (κ2) is 16.8. The molecule has 62 heavy (non-hydrogen) atoms. The largest absolute Gasteiger partial charge is 0.462 e. The number of amides is 1. The highest BCUT2D eigenvalue weighted by Gasteiger charge is 2.73. The average Bonchev–Trinajstić information content (AvgIpc) is 3.85. The molecule has 1 amide bonds. The minimum atomic E-state index is -0.250. The van der Waals surface area contributed by atoms with Gasteiger partial charge in [-0.05, 0) is 166 Å². The van der Waals surface area contributed by atoms with Crippen molar-refractivity contribution < 1.29 is 23.9 Å². The Bertz CT molecular complexity index is 1810. The van der Waals surface area contributed by atoms with E-state index in [0.717, 1.165) is 88.6 Å². The Kier molecular flexibility index (Phi) is 12.1. The van der Waals surface area contributed by atoms with E-state index in [1.807, 2.05) is 37.3 Å². The van der Waals surface area contributed by atoms with Crippen LogP contribution in [0.4, 0.5) is 0 Å². The summed E-state index contributed by atoms with van der Waals surface area (Å²) in [6, 6.07) is 10.3. The number of nitrogens with zero attached hydrogens (tertiary/aromatic N) is 1. The van der Waals surface area contributed by atoms with Gasteiger partial charge in [0.05, 0.1) is 17.3 Å². The molecular formula is C54H83N3O5. The van der Waals surface area contributed by atoms with Crippen LogP contribution in [0, 0.1) is 86.3 Å². The summed E-state index contributed by atoms with van der Waals surface area (Å²) in [4.78, 5) is 44.5. The van der Waals surface area contributed by atoms with E-state index in [0.29, 0.717) is 48.0 Å². The van der Waals surface area contributed by atoms with Gasteiger partial charge in [0.25, 0.3) is 0 Å². The monoisotopic (exact) mass is 854 g/mol. The zero-order chi connectivity index (χ0) is 43.8. The molecule has 1 aliphatic heterocycles. The molecule has 2 N–H and O–H groups in total. The topological polar surface area (TPSA) is 97.0 Å². The lowest BCUT2D eigenvalue weighted by Crippen LogP contribution is -2.67. The summed E-state index contributed by atoms with van der Waals surface area (Å²) in [5.41, 5.74) is 1.29. The number of benzene rings is 1. The van der Waals surface area contributed by atoms with Crippen LogP contribution in [0.15, 0.2) is 30.3 Å². The number of esters is 2. The van der Waals surface area contributed by atoms with Gasteiger partial charge in [-0.25, -0.2) is 0 Å². The fraction of sp³-hybridized carbons (Fsp3) is 0.833. The zero-order valence-electron chi connectivity index (χ0n) is 39.9. The normalized spacial score (nSPS) is 44.5. The third kappa shape index (κ3) is 7.23. The van der Waals surface area contributed by atoms with E-state index in [1.165, 1.54) is 44.9 Å². The third-order valence-electron chi connectivity index (χ3n) is 21.2. The van der Waals surface area contributed by atoms with Crippen molar-refractivity contribution in [2.75, 3.05) is 32.7 Å². The van der Waals surface area contributed by atoms with Gasteiger partial charge in [-0.3, -0.25) is 14.4 Å². The maximum absolute atomic E-state index is 15.2. The lowest BCUT2D eigenvalue weighted by atomic mass is 9.32. The maximum atomic E-state index is 15.2. The van der Waals surface area contributed by atoms with Crippen LogP contribution in [0.5, 0.6) is 0 Å². The highest BCUT2D eigenvalue weighted by molar-refractivity contribution is 5.84. The first-order valence-electron chi connectivity index (χ1n) is 25.7. The lowest BCUT2D eigenvalue weighted by molar-refractivity contribution is -0.252. The van der Waals surface area contributed by atoms with Crippen molar-refractivity contribution in [3.05, 3.63) is 35.9 Å². The molecule has 1 saturated heterocycles. The fourth-order valence-electron chi connectivity index (χ4n) is 17.2. The summed E-state index contributed by atoms with van der Waals surface area (Å²) in [6.07, 6.45) is 15.5. The van der Waals surface area contributed by atoms with Crippen molar-refractivity contribution in [1.82, 2.24) is 15.5 Å². The van der Waals surface area contributed by atoms with Crippen molar-refractivity contribution in [1.29, 1.82) is 0 Å². The predicted molar refractivity (Wildman–Crippen MR) is 244 cm³/mol. The van der Waals surface area contributed by atoms with E-state index in [1.54, 1.807) is 0 Å². The Morgan fingerprint density at radius 1 is 0.742 bits per heavy atom. The smallest absolute Gasteiger partial charge is 0.309 e. The first-order chi connectivity index (χ1) is 29.6. The molecule has 0 aromatic heterocycles. The van der Waals surface area contributed by atoms with E-state index in [4.69, 9.17) is 9.47 Å². The number of carbonyl (C=O) groups excluding carboxylic acids is 3. The molecule has 15 unspecified atom stereocenters. The molecule has 1 aromatic carbocycles. The second-order valence-corrected chi connectivity index (χ2v) is 24.0. The molecule has 1 aromatic rings. The second-order valence-electron chi connectivity index (χ2n) is 24.0. The van der Waals surface area contributed by atoms with Gasteiger partial charge in [0.1, 0.15) is 12.7 Å². The Balaban J connectivity index is 0.871. The number of hydrogen-bond donors (Lipinski definition) is 2. The van der Waals surface area contributed by atoms with Crippen molar-refractivity contribution in [3.63, 3.8) is 0 Å². The lowest BCUT2D eigenvalue weighted by Gasteiger charge is -2.73. The number of ether oxygens (including phenoxy) is 2. The molecule has 8 heteroatoms. The molecule has 0 spiro atoms. The number of piperidine rings is 1. The molecule has 0 radical (unpaired) electrons. The quantitative estimate of drug-likeness (QED) is 0.160. The summed E-state index contributed by atoms with van der Waals surface area (Å²) in [6.45, 7) is 24.7. The van der Waals surface area contributed by atoms with Gasteiger partial charge >= 0.3 is 11.9 Å². The molecule has 8 fully saturated rings. The van der Waals surface area contributed by atoms with Crippen molar-refractivity contribution in [2.45, 2.75) is 164 Å². The maximum Gasteiger partial charge on any atom is 0.309 e. The predicted octanol–water partition coefficient (Wildman–Crippen LogP) is 9.84. The molecule has 8 aliphatic rings. The van der Waals surface area contributed by atoms with Crippen LogP contribution < -0.4 is 10.6 Å². The van der Waals surface area contributed by atoms with E-state index in [2.05, 4.69) is 64.0 Å². The Morgan fingerprint density at radius 2 is 1.47 bits per heavy atom. The van der Waals surface area contributed by atoms with Crippen molar-refractivity contribution >= 4 is 17.8 Å². The van der Waals surface area contributed by atoms with Crippen LogP contribution in [-0.4, -0.2) is 67.6 Å². The van der Waals surface area contributed by atoms with Crippen molar-refractivity contribution in [3.8, 4) is 0 Å². The minimum absolute atomic E-state index is 0.0752. The van der Waals surface area contributed by atoms with Crippen LogP contribution in [0.3, 0.4) is 0 Å². The molecule has 7 saturated carbocycles. The van der Waals surface area contributed by atoms with Crippen LogP contribution in [0.25, 0.3) is 0 Å². The first kappa shape index (κ1) is 44.7. The Hall–Kier alpha value is -2.45. The highest BCUT2D eigenvalue weighted by Crippen LogP contribution is 2.78. The zero-order valence-corrected chi connectivity index (χ0v) is 39.9. The molecule has 8 nitrogen and oxygen atoms in total. The molecule has 0 bridgehead atoms. The van der Waals surface area contributed by atoms with Crippen LogP contribution >= 0.6 is 0 Å². The summed E-state index contributed by atoms with van der Waals surface area (Å²) in [7, 11) is 0. The number of carbonyl (C=O) groups is 3. The number of likely N-dealkylation sites (N-methyl/N-ethyl adjacent to an activating group) is 1. The van der Waals surface area contributed by atoms with E-state index >= 15 is 4.79 Å². The number of fused-ring (bicyclic) bond motifs is 7. The van der Waals surface area contributed by atoms with E-state index < -0.39 is 0 Å². The minimum Gasteiger partial charge on any atom is -0.462 e. The number of likely N-dealkylation sites (tertiary alicyclic amines) is 1. The van der Waals surface area contributed by atoms with Gasteiger partial charge in [-0.2, -0.15) is 0 Å². The standard InChI is InChI=1S/C54H83N3O5/c1-9-55-27-28-56-37-20-29-57(30-21-37)49(60)54-24-17-38(39-31-34(39)2)46(54)42-15-16-44-51(6)22-19-45(50(4,5)43(51)18-23-53(44,8)52(42,7)25-26-54)62-48(59)41-32-40(35(41)3)47(58)61-33-36-13-11-10-12-14-36/h10-14,34-35,37-46,55-56H,9,15-33H2,1-8H3. The van der Waals surface area contributed by atoms with E-state index in [9.17, 15) is 9.59 Å². The summed E-state index contributed by atoms with van der Waals surface area (Å²) < 4.78 is 12.2.